The van der Waals surface area contributed by atoms with Crippen molar-refractivity contribution in [3.63, 3.8) is 0 Å². The number of anilines is 3. The average molecular weight is 466 g/mol. The molecular weight excluding hydrogens is 430 g/mol. The second-order valence-corrected chi connectivity index (χ2v) is 8.86. The minimum Gasteiger partial charge on any atom is -0.495 e. The Labute approximate surface area is 201 Å². The van der Waals surface area contributed by atoms with Crippen LogP contribution in [0.15, 0.2) is 42.5 Å². The number of unbranched alkanes of at least 4 members (excludes halogenated alkanes) is 1. The highest BCUT2D eigenvalue weighted by atomic mass is 16.5. The van der Waals surface area contributed by atoms with Crippen LogP contribution in [0, 0.1) is 0 Å². The third kappa shape index (κ3) is 5.92. The summed E-state index contributed by atoms with van der Waals surface area (Å²) in [6.45, 7) is 5.93. The van der Waals surface area contributed by atoms with Gasteiger partial charge in [0, 0.05) is 50.1 Å². The van der Waals surface area contributed by atoms with Gasteiger partial charge < -0.3 is 30.5 Å². The molecule has 0 atom stereocenters. The fraction of sp³-hybridized carbons (Fsp3) is 0.462. The zero-order valence-electron chi connectivity index (χ0n) is 20.1. The number of nitrogens with zero attached hydrogens (tertiary/aromatic N) is 2. The van der Waals surface area contributed by atoms with Crippen LogP contribution in [0.2, 0.25) is 0 Å². The van der Waals surface area contributed by atoms with Gasteiger partial charge in [-0.15, -0.1) is 0 Å². The van der Waals surface area contributed by atoms with E-state index in [9.17, 15) is 9.59 Å². The van der Waals surface area contributed by atoms with Gasteiger partial charge in [-0.1, -0.05) is 25.5 Å². The summed E-state index contributed by atoms with van der Waals surface area (Å²) in [5.74, 6) is 0.785. The van der Waals surface area contributed by atoms with E-state index in [1.807, 2.05) is 30.3 Å². The van der Waals surface area contributed by atoms with Crippen molar-refractivity contribution in [2.75, 3.05) is 55.0 Å². The van der Waals surface area contributed by atoms with Crippen molar-refractivity contribution in [1.29, 1.82) is 0 Å². The molecule has 2 aromatic carbocycles. The lowest BCUT2D eigenvalue weighted by atomic mass is 10.1. The molecule has 1 saturated heterocycles. The molecule has 3 amide bonds. The Kier molecular flexibility index (Phi) is 7.77. The molecule has 0 aromatic heterocycles. The lowest BCUT2D eigenvalue weighted by Crippen LogP contribution is -2.47. The fourth-order valence-electron chi connectivity index (χ4n) is 4.20. The number of urea groups is 1. The first-order valence-corrected chi connectivity index (χ1v) is 12.2. The predicted octanol–water partition coefficient (Wildman–Crippen LogP) is 3.84. The van der Waals surface area contributed by atoms with Crippen molar-refractivity contribution < 1.29 is 14.3 Å². The molecule has 2 aromatic rings. The minimum absolute atomic E-state index is 0.0836. The van der Waals surface area contributed by atoms with Gasteiger partial charge in [-0.05, 0) is 49.6 Å². The number of hydrogen-bond donors (Lipinski definition) is 3. The van der Waals surface area contributed by atoms with Gasteiger partial charge in [-0.25, -0.2) is 4.79 Å². The minimum atomic E-state index is -0.250. The summed E-state index contributed by atoms with van der Waals surface area (Å²) in [6, 6.07) is 13.7. The maximum atomic E-state index is 13.1. The van der Waals surface area contributed by atoms with E-state index >= 15 is 0 Å². The second kappa shape index (κ2) is 11.1. The molecule has 8 nitrogen and oxygen atoms in total. The Morgan fingerprint density at radius 2 is 1.71 bits per heavy atom. The first-order valence-electron chi connectivity index (χ1n) is 12.2. The third-order valence-corrected chi connectivity index (χ3v) is 6.27. The number of rotatable bonds is 9. The number of methoxy groups -OCH3 is 1. The lowest BCUT2D eigenvalue weighted by Gasteiger charge is -2.38. The topological polar surface area (TPSA) is 85.9 Å². The van der Waals surface area contributed by atoms with Crippen LogP contribution in [0.5, 0.6) is 5.75 Å². The first-order chi connectivity index (χ1) is 16.6. The zero-order valence-corrected chi connectivity index (χ0v) is 20.1. The number of para-hydroxylation sites is 2. The van der Waals surface area contributed by atoms with Crippen molar-refractivity contribution in [3.05, 3.63) is 48.0 Å². The van der Waals surface area contributed by atoms with Crippen LogP contribution in [0.25, 0.3) is 0 Å². The number of hydrogen-bond acceptors (Lipinski definition) is 5. The van der Waals surface area contributed by atoms with E-state index < -0.39 is 0 Å². The van der Waals surface area contributed by atoms with Gasteiger partial charge in [0.1, 0.15) is 5.75 Å². The number of amides is 3. The Balaban J connectivity index is 1.48. The molecule has 2 aliphatic rings. The second-order valence-electron chi connectivity index (χ2n) is 8.86. The molecule has 0 unspecified atom stereocenters. The van der Waals surface area contributed by atoms with E-state index in [0.29, 0.717) is 17.8 Å². The summed E-state index contributed by atoms with van der Waals surface area (Å²) < 4.78 is 5.53. The SMILES string of the molecule is CCCCNC(=O)Nc1ccc(N2CCN(c3ccccc3OC)CC2)c(C(=O)NC2CC2)c1. The highest BCUT2D eigenvalue weighted by molar-refractivity contribution is 6.02. The van der Waals surface area contributed by atoms with Crippen LogP contribution in [-0.2, 0) is 0 Å². The molecule has 3 N–H and O–H groups in total. The van der Waals surface area contributed by atoms with Gasteiger partial charge in [-0.3, -0.25) is 4.79 Å². The molecule has 1 aliphatic heterocycles. The number of nitrogens with one attached hydrogen (secondary N) is 3. The molecule has 34 heavy (non-hydrogen) atoms. The van der Waals surface area contributed by atoms with Gasteiger partial charge in [0.2, 0.25) is 0 Å². The van der Waals surface area contributed by atoms with E-state index in [0.717, 1.165) is 69.0 Å². The van der Waals surface area contributed by atoms with Crippen molar-refractivity contribution >= 4 is 29.0 Å². The molecule has 0 spiro atoms. The number of piperazine rings is 1. The molecule has 1 heterocycles. The van der Waals surface area contributed by atoms with E-state index in [-0.39, 0.29) is 18.0 Å². The fourth-order valence-corrected chi connectivity index (χ4v) is 4.20. The predicted molar refractivity (Wildman–Crippen MR) is 136 cm³/mol. The van der Waals surface area contributed by atoms with Gasteiger partial charge in [0.25, 0.3) is 5.91 Å². The van der Waals surface area contributed by atoms with Crippen LogP contribution in [0.4, 0.5) is 21.9 Å². The Hall–Kier alpha value is -3.42. The zero-order chi connectivity index (χ0) is 23.9. The van der Waals surface area contributed by atoms with Gasteiger partial charge >= 0.3 is 6.03 Å². The first kappa shape index (κ1) is 23.7. The van der Waals surface area contributed by atoms with Crippen LogP contribution < -0.4 is 30.5 Å². The summed E-state index contributed by atoms with van der Waals surface area (Å²) in [5.41, 5.74) is 3.20. The number of benzene rings is 2. The van der Waals surface area contributed by atoms with Crippen LogP contribution in [0.1, 0.15) is 43.0 Å². The standard InChI is InChI=1S/C26H35N5O3/c1-3-4-13-27-26(33)29-20-11-12-22(21(18-20)25(32)28-19-9-10-19)30-14-16-31(17-15-30)23-7-5-6-8-24(23)34-2/h5-8,11-12,18-19H,3-4,9-10,13-17H2,1-2H3,(H,28,32)(H2,27,29,33). The summed E-state index contributed by atoms with van der Waals surface area (Å²) in [6.07, 6.45) is 4.00. The van der Waals surface area contributed by atoms with Gasteiger partial charge in [0.05, 0.1) is 18.4 Å². The van der Waals surface area contributed by atoms with Crippen molar-refractivity contribution in [2.45, 2.75) is 38.6 Å². The Morgan fingerprint density at radius 1 is 1.00 bits per heavy atom. The summed E-state index contributed by atoms with van der Waals surface area (Å²) in [7, 11) is 1.69. The van der Waals surface area contributed by atoms with Gasteiger partial charge in [-0.2, -0.15) is 0 Å². The van der Waals surface area contributed by atoms with Crippen LogP contribution in [-0.4, -0.2) is 57.8 Å². The van der Waals surface area contributed by atoms with Crippen LogP contribution in [0.3, 0.4) is 0 Å². The summed E-state index contributed by atoms with van der Waals surface area (Å²) in [5, 5.41) is 8.82. The maximum Gasteiger partial charge on any atom is 0.319 e. The summed E-state index contributed by atoms with van der Waals surface area (Å²) in [4.78, 5) is 29.9. The average Bonchev–Trinajstić information content (AvgIpc) is 3.68. The third-order valence-electron chi connectivity index (χ3n) is 6.27. The Morgan fingerprint density at radius 3 is 2.38 bits per heavy atom. The van der Waals surface area contributed by atoms with Crippen molar-refractivity contribution in [3.8, 4) is 5.75 Å². The summed E-state index contributed by atoms with van der Waals surface area (Å²) >= 11 is 0. The molecule has 1 aliphatic carbocycles. The van der Waals surface area contributed by atoms with E-state index in [1.165, 1.54) is 0 Å². The van der Waals surface area contributed by atoms with Gasteiger partial charge in [0.15, 0.2) is 0 Å². The lowest BCUT2D eigenvalue weighted by molar-refractivity contribution is 0.0951. The van der Waals surface area contributed by atoms with Crippen molar-refractivity contribution in [2.24, 2.45) is 0 Å². The Bertz CT molecular complexity index is 1000. The van der Waals surface area contributed by atoms with E-state index in [1.54, 1.807) is 13.2 Å². The van der Waals surface area contributed by atoms with E-state index in [4.69, 9.17) is 4.74 Å². The quantitative estimate of drug-likeness (QED) is 0.490. The number of carbonyl (C=O) groups is 2. The largest absolute Gasteiger partial charge is 0.495 e. The maximum absolute atomic E-state index is 13.1. The monoisotopic (exact) mass is 465 g/mol. The molecule has 8 heteroatoms. The smallest absolute Gasteiger partial charge is 0.319 e. The highest BCUT2D eigenvalue weighted by Crippen LogP contribution is 2.31. The molecule has 4 rings (SSSR count). The number of carbonyl (C=O) groups excluding carboxylic acids is 2. The molecule has 1 saturated carbocycles. The molecule has 182 valence electrons. The molecule has 2 fully saturated rings. The van der Waals surface area contributed by atoms with Crippen LogP contribution >= 0.6 is 0 Å². The molecule has 0 radical (unpaired) electrons. The van der Waals surface area contributed by atoms with Crippen molar-refractivity contribution in [1.82, 2.24) is 10.6 Å². The highest BCUT2D eigenvalue weighted by Gasteiger charge is 2.27. The molecular formula is C26H35N5O3. The number of ether oxygens (including phenoxy) is 1. The normalized spacial score (nSPS) is 15.6. The molecule has 0 bridgehead atoms. The van der Waals surface area contributed by atoms with E-state index in [2.05, 4.69) is 38.7 Å².